The molecule has 3 amide bonds. The van der Waals surface area contributed by atoms with Crippen LogP contribution in [0.15, 0.2) is 18.2 Å². The molecule has 1 fully saturated rings. The molecule has 19 heavy (non-hydrogen) atoms. The number of amides is 3. The summed E-state index contributed by atoms with van der Waals surface area (Å²) in [5, 5.41) is 2.28. The van der Waals surface area contributed by atoms with Gasteiger partial charge in [0.2, 0.25) is 11.8 Å². The minimum absolute atomic E-state index is 0.227. The minimum Gasteiger partial charge on any atom is -0.496 e. The number of rotatable bonds is 3. The van der Waals surface area contributed by atoms with Gasteiger partial charge in [0.15, 0.2) is 0 Å². The molecule has 0 spiro atoms. The van der Waals surface area contributed by atoms with E-state index in [1.807, 2.05) is 0 Å². The van der Waals surface area contributed by atoms with Crippen molar-refractivity contribution in [2.24, 2.45) is 5.73 Å². The van der Waals surface area contributed by atoms with E-state index in [1.54, 1.807) is 12.1 Å². The van der Waals surface area contributed by atoms with Crippen molar-refractivity contribution in [2.45, 2.75) is 18.8 Å². The Balaban J connectivity index is 2.45. The Morgan fingerprint density at radius 2 is 2.16 bits per heavy atom. The Kier molecular flexibility index (Phi) is 3.50. The smallest absolute Gasteiger partial charge is 0.252 e. The highest BCUT2D eigenvalue weighted by Gasteiger charge is 2.31. The van der Waals surface area contributed by atoms with Crippen molar-refractivity contribution < 1.29 is 19.1 Å². The quantitative estimate of drug-likeness (QED) is 0.766. The maximum Gasteiger partial charge on any atom is 0.252 e. The second kappa shape index (κ2) is 5.09. The molecule has 100 valence electrons. The Bertz CT molecular complexity index is 554. The number of hydrogen-bond acceptors (Lipinski definition) is 4. The van der Waals surface area contributed by atoms with Crippen LogP contribution >= 0.6 is 0 Å². The number of benzene rings is 1. The Morgan fingerprint density at radius 3 is 2.74 bits per heavy atom. The van der Waals surface area contributed by atoms with E-state index in [2.05, 4.69) is 5.32 Å². The molecule has 1 aromatic carbocycles. The molecule has 2 rings (SSSR count). The van der Waals surface area contributed by atoms with Crippen LogP contribution in [0.2, 0.25) is 0 Å². The number of imide groups is 1. The van der Waals surface area contributed by atoms with Gasteiger partial charge in [0.05, 0.1) is 18.6 Å². The van der Waals surface area contributed by atoms with E-state index in [0.717, 1.165) is 0 Å². The van der Waals surface area contributed by atoms with Gasteiger partial charge < -0.3 is 10.5 Å². The predicted molar refractivity (Wildman–Crippen MR) is 66.6 cm³/mol. The summed E-state index contributed by atoms with van der Waals surface area (Å²) < 4.78 is 5.20. The van der Waals surface area contributed by atoms with Crippen LogP contribution < -0.4 is 15.8 Å². The molecule has 0 aliphatic carbocycles. The number of methoxy groups -OCH3 is 1. The highest BCUT2D eigenvalue weighted by atomic mass is 16.5. The molecular weight excluding hydrogens is 248 g/mol. The van der Waals surface area contributed by atoms with Gasteiger partial charge in [0, 0.05) is 12.0 Å². The van der Waals surface area contributed by atoms with Crippen molar-refractivity contribution in [2.75, 3.05) is 7.11 Å². The van der Waals surface area contributed by atoms with Crippen LogP contribution in [0.3, 0.4) is 0 Å². The Morgan fingerprint density at radius 1 is 1.42 bits per heavy atom. The first-order chi connectivity index (χ1) is 9.04. The lowest BCUT2D eigenvalue weighted by Gasteiger charge is -2.23. The second-order valence-corrected chi connectivity index (χ2v) is 4.30. The SMILES string of the molecule is COc1c(C(N)=O)cccc1C1CCC(=O)NC1=O. The topological polar surface area (TPSA) is 98.5 Å². The van der Waals surface area contributed by atoms with Crippen molar-refractivity contribution in [1.29, 1.82) is 0 Å². The number of carbonyl (C=O) groups is 3. The monoisotopic (exact) mass is 262 g/mol. The Hall–Kier alpha value is -2.37. The van der Waals surface area contributed by atoms with Gasteiger partial charge in [-0.1, -0.05) is 12.1 Å². The molecular formula is C13H14N2O4. The lowest BCUT2D eigenvalue weighted by atomic mass is 9.88. The van der Waals surface area contributed by atoms with Crippen LogP contribution in [0.1, 0.15) is 34.7 Å². The molecule has 6 nitrogen and oxygen atoms in total. The van der Waals surface area contributed by atoms with Crippen molar-refractivity contribution in [3.8, 4) is 5.75 Å². The van der Waals surface area contributed by atoms with Crippen LogP contribution in [0.25, 0.3) is 0 Å². The van der Waals surface area contributed by atoms with E-state index in [0.29, 0.717) is 17.7 Å². The van der Waals surface area contributed by atoms with Crippen LogP contribution in [-0.4, -0.2) is 24.8 Å². The first-order valence-corrected chi connectivity index (χ1v) is 5.85. The molecule has 1 aromatic rings. The number of carbonyl (C=O) groups excluding carboxylic acids is 3. The van der Waals surface area contributed by atoms with E-state index in [-0.39, 0.29) is 23.8 Å². The third-order valence-electron chi connectivity index (χ3n) is 3.13. The highest BCUT2D eigenvalue weighted by Crippen LogP contribution is 2.34. The minimum atomic E-state index is -0.619. The molecule has 0 saturated carbocycles. The summed E-state index contributed by atoms with van der Waals surface area (Å²) in [4.78, 5) is 34.3. The zero-order valence-electron chi connectivity index (χ0n) is 10.4. The highest BCUT2D eigenvalue weighted by molar-refractivity contribution is 6.02. The first-order valence-electron chi connectivity index (χ1n) is 5.85. The van der Waals surface area contributed by atoms with Crippen molar-refractivity contribution in [3.63, 3.8) is 0 Å². The fraction of sp³-hybridized carbons (Fsp3) is 0.308. The number of hydrogen-bond donors (Lipinski definition) is 2. The fourth-order valence-corrected chi connectivity index (χ4v) is 2.24. The maximum absolute atomic E-state index is 11.9. The van der Waals surface area contributed by atoms with E-state index < -0.39 is 11.8 Å². The largest absolute Gasteiger partial charge is 0.496 e. The number of primary amides is 1. The van der Waals surface area contributed by atoms with Crippen LogP contribution in [0, 0.1) is 0 Å². The molecule has 0 radical (unpaired) electrons. The van der Waals surface area contributed by atoms with E-state index >= 15 is 0 Å². The maximum atomic E-state index is 11.9. The first kappa shape index (κ1) is 13.1. The van der Waals surface area contributed by atoms with Crippen LogP contribution in [0.4, 0.5) is 0 Å². The van der Waals surface area contributed by atoms with E-state index in [1.165, 1.54) is 13.2 Å². The van der Waals surface area contributed by atoms with Gasteiger partial charge in [0.1, 0.15) is 5.75 Å². The number of piperidine rings is 1. The van der Waals surface area contributed by atoms with Crippen molar-refractivity contribution >= 4 is 17.7 Å². The standard InChI is InChI=1S/C13H14N2O4/c1-19-11-7(3-2-4-9(11)12(14)17)8-5-6-10(16)15-13(8)18/h2-4,8H,5-6H2,1H3,(H2,14,17)(H,15,16,18). The third-order valence-corrected chi connectivity index (χ3v) is 3.13. The molecule has 1 aliphatic heterocycles. The number of ether oxygens (including phenoxy) is 1. The second-order valence-electron chi connectivity index (χ2n) is 4.30. The normalized spacial score (nSPS) is 18.9. The molecule has 3 N–H and O–H groups in total. The molecule has 6 heteroatoms. The van der Waals surface area contributed by atoms with Crippen molar-refractivity contribution in [1.82, 2.24) is 5.32 Å². The molecule has 0 bridgehead atoms. The van der Waals surface area contributed by atoms with E-state index in [9.17, 15) is 14.4 Å². The van der Waals surface area contributed by atoms with Crippen LogP contribution in [-0.2, 0) is 9.59 Å². The fourth-order valence-electron chi connectivity index (χ4n) is 2.24. The summed E-state index contributed by atoms with van der Waals surface area (Å²) in [6, 6.07) is 4.88. The average molecular weight is 262 g/mol. The average Bonchev–Trinajstić information content (AvgIpc) is 2.37. The molecule has 1 unspecified atom stereocenters. The lowest BCUT2D eigenvalue weighted by molar-refractivity contribution is -0.134. The summed E-state index contributed by atoms with van der Waals surface area (Å²) in [5.41, 5.74) is 6.07. The molecule has 1 atom stereocenters. The zero-order chi connectivity index (χ0) is 14.0. The number of nitrogens with one attached hydrogen (secondary N) is 1. The summed E-state index contributed by atoms with van der Waals surface area (Å²) in [6.45, 7) is 0. The Labute approximate surface area is 109 Å². The molecule has 1 aliphatic rings. The zero-order valence-corrected chi connectivity index (χ0v) is 10.4. The van der Waals surface area contributed by atoms with Gasteiger partial charge in [-0.3, -0.25) is 19.7 Å². The van der Waals surface area contributed by atoms with Gasteiger partial charge >= 0.3 is 0 Å². The summed E-state index contributed by atoms with van der Waals surface area (Å²) in [6.07, 6.45) is 0.656. The third kappa shape index (κ3) is 2.42. The van der Waals surface area contributed by atoms with Gasteiger partial charge in [-0.15, -0.1) is 0 Å². The van der Waals surface area contributed by atoms with Crippen molar-refractivity contribution in [3.05, 3.63) is 29.3 Å². The molecule has 1 saturated heterocycles. The van der Waals surface area contributed by atoms with Gasteiger partial charge in [0.25, 0.3) is 5.91 Å². The van der Waals surface area contributed by atoms with E-state index in [4.69, 9.17) is 10.5 Å². The van der Waals surface area contributed by atoms with Gasteiger partial charge in [-0.25, -0.2) is 0 Å². The predicted octanol–water partition coefficient (Wildman–Crippen LogP) is 0.314. The van der Waals surface area contributed by atoms with Crippen LogP contribution in [0.5, 0.6) is 5.75 Å². The number of para-hydroxylation sites is 1. The van der Waals surface area contributed by atoms with Gasteiger partial charge in [-0.05, 0) is 12.5 Å². The van der Waals surface area contributed by atoms with Gasteiger partial charge in [-0.2, -0.15) is 0 Å². The number of nitrogens with two attached hydrogens (primary N) is 1. The summed E-state index contributed by atoms with van der Waals surface area (Å²) in [7, 11) is 1.41. The lowest BCUT2D eigenvalue weighted by Crippen LogP contribution is -2.39. The molecule has 1 heterocycles. The summed E-state index contributed by atoms with van der Waals surface area (Å²) in [5.74, 6) is -1.50. The molecule has 0 aromatic heterocycles. The summed E-state index contributed by atoms with van der Waals surface area (Å²) >= 11 is 0.